The van der Waals surface area contributed by atoms with E-state index in [0.717, 1.165) is 39.6 Å². The van der Waals surface area contributed by atoms with Crippen LogP contribution in [0.3, 0.4) is 0 Å². The minimum absolute atomic E-state index is 0.500. The van der Waals surface area contributed by atoms with Gasteiger partial charge in [-0.1, -0.05) is 41.5 Å². The molecule has 0 aromatic heterocycles. The van der Waals surface area contributed by atoms with Crippen LogP contribution in [0.25, 0.3) is 0 Å². The first-order valence-corrected chi connectivity index (χ1v) is 9.31. The number of ether oxygens (including phenoxy) is 4. The molecule has 0 aromatic carbocycles. The summed E-state index contributed by atoms with van der Waals surface area (Å²) in [5, 5.41) is 0. The van der Waals surface area contributed by atoms with Gasteiger partial charge in [0.1, 0.15) is 6.79 Å². The maximum Gasteiger partial charge on any atom is 0.146 e. The van der Waals surface area contributed by atoms with Gasteiger partial charge in [0, 0.05) is 26.4 Å². The van der Waals surface area contributed by atoms with Gasteiger partial charge < -0.3 is 18.9 Å². The van der Waals surface area contributed by atoms with Crippen LogP contribution in [0.5, 0.6) is 0 Å². The molecule has 0 atom stereocenters. The van der Waals surface area contributed by atoms with Crippen LogP contribution in [0.15, 0.2) is 0 Å². The smallest absolute Gasteiger partial charge is 0.146 e. The van der Waals surface area contributed by atoms with E-state index in [9.17, 15) is 0 Å². The number of hydrogen-bond acceptors (Lipinski definition) is 4. The lowest BCUT2D eigenvalue weighted by molar-refractivity contribution is 0.0692. The van der Waals surface area contributed by atoms with Gasteiger partial charge in [-0.15, -0.1) is 0 Å². The molecule has 22 heavy (non-hydrogen) atoms. The fourth-order valence-corrected chi connectivity index (χ4v) is 1.49. The van der Waals surface area contributed by atoms with Gasteiger partial charge in [0.15, 0.2) is 0 Å². The molecule has 0 bridgehead atoms. The predicted molar refractivity (Wildman–Crippen MR) is 95.5 cm³/mol. The van der Waals surface area contributed by atoms with E-state index in [0.29, 0.717) is 6.79 Å². The first-order valence-electron chi connectivity index (χ1n) is 9.31. The van der Waals surface area contributed by atoms with Crippen LogP contribution in [0.2, 0.25) is 0 Å². The summed E-state index contributed by atoms with van der Waals surface area (Å²) in [6.45, 7) is 18.1. The number of rotatable bonds is 0. The minimum atomic E-state index is 0.500. The Labute approximate surface area is 139 Å². The summed E-state index contributed by atoms with van der Waals surface area (Å²) in [5.74, 6) is 0. The zero-order chi connectivity index (χ0) is 17.3. The molecule has 0 aromatic rings. The molecular formula is C18H42O4. The molecule has 0 spiro atoms. The van der Waals surface area contributed by atoms with Gasteiger partial charge >= 0.3 is 0 Å². The molecule has 0 radical (unpaired) electrons. The van der Waals surface area contributed by atoms with Gasteiger partial charge in [-0.3, -0.25) is 0 Å². The zero-order valence-electron chi connectivity index (χ0n) is 16.1. The van der Waals surface area contributed by atoms with Crippen molar-refractivity contribution in [2.24, 2.45) is 0 Å². The molecule has 3 heterocycles. The molecule has 3 rings (SSSR count). The summed E-state index contributed by atoms with van der Waals surface area (Å²) in [6, 6.07) is 0. The first kappa shape index (κ1) is 26.7. The fourth-order valence-electron chi connectivity index (χ4n) is 1.49. The maximum absolute atomic E-state index is 5.07. The second-order valence-electron chi connectivity index (χ2n) is 3.93. The van der Waals surface area contributed by atoms with Crippen molar-refractivity contribution in [3.05, 3.63) is 0 Å². The lowest BCUT2D eigenvalue weighted by atomic mass is 10.2. The molecule has 0 N–H and O–H groups in total. The van der Waals surface area contributed by atoms with E-state index in [1.165, 1.54) is 32.1 Å². The first-order chi connectivity index (χ1) is 11.0. The van der Waals surface area contributed by atoms with Gasteiger partial charge in [-0.2, -0.15) is 0 Å². The lowest BCUT2D eigenvalue weighted by Gasteiger charge is -2.08. The third-order valence-electron chi connectivity index (χ3n) is 2.44. The normalized spacial score (nSPS) is 18.3. The standard InChI is InChI=1S/C5H10O.C4H8O.C3H6O2.3C2H6/c1-2-4-6-5-3-1;1-2-4-5-3-1;1-2-5-3-4-1;3*1-2/h1-5H2;1-4H2;1-3H2;3*1-2H3. The highest BCUT2D eigenvalue weighted by Gasteiger charge is 1.95. The monoisotopic (exact) mass is 322 g/mol. The Hall–Kier alpha value is -0.160. The van der Waals surface area contributed by atoms with Crippen molar-refractivity contribution in [2.75, 3.05) is 46.4 Å². The highest BCUT2D eigenvalue weighted by Crippen LogP contribution is 2.02. The average Bonchev–Trinajstić information content (AvgIpc) is 3.40. The van der Waals surface area contributed by atoms with Crippen LogP contribution in [0.4, 0.5) is 0 Å². The molecule has 0 amide bonds. The summed E-state index contributed by atoms with van der Waals surface area (Å²) in [6.07, 6.45) is 6.49. The van der Waals surface area contributed by atoms with Crippen molar-refractivity contribution in [3.8, 4) is 0 Å². The van der Waals surface area contributed by atoms with Crippen molar-refractivity contribution in [3.63, 3.8) is 0 Å². The van der Waals surface area contributed by atoms with Crippen LogP contribution >= 0.6 is 0 Å². The SMILES string of the molecule is C1CCOC1.C1CCOCC1.C1COCO1.CC.CC.CC. The zero-order valence-corrected chi connectivity index (χ0v) is 16.1. The van der Waals surface area contributed by atoms with Crippen LogP contribution in [0.1, 0.15) is 73.6 Å². The Kier molecular flexibility index (Phi) is 39.7. The predicted octanol–water partition coefficient (Wildman–Crippen LogP) is 5.05. The summed E-state index contributed by atoms with van der Waals surface area (Å²) in [4.78, 5) is 0. The summed E-state index contributed by atoms with van der Waals surface area (Å²) in [7, 11) is 0. The van der Waals surface area contributed by atoms with E-state index in [-0.39, 0.29) is 0 Å². The Morgan fingerprint density at radius 2 is 0.682 bits per heavy atom. The Morgan fingerprint density at radius 1 is 0.364 bits per heavy atom. The maximum atomic E-state index is 5.07. The second kappa shape index (κ2) is 32.7. The van der Waals surface area contributed by atoms with E-state index >= 15 is 0 Å². The van der Waals surface area contributed by atoms with Crippen molar-refractivity contribution in [2.45, 2.75) is 73.6 Å². The average molecular weight is 323 g/mol. The van der Waals surface area contributed by atoms with Crippen LogP contribution in [0, 0.1) is 0 Å². The summed E-state index contributed by atoms with van der Waals surface area (Å²) >= 11 is 0. The van der Waals surface area contributed by atoms with Crippen LogP contribution in [-0.2, 0) is 18.9 Å². The van der Waals surface area contributed by atoms with Gasteiger partial charge in [-0.05, 0) is 32.1 Å². The minimum Gasteiger partial charge on any atom is -0.381 e. The molecule has 3 aliphatic heterocycles. The molecule has 0 saturated carbocycles. The highest BCUT2D eigenvalue weighted by atomic mass is 16.7. The molecule has 3 saturated heterocycles. The third-order valence-corrected chi connectivity index (χ3v) is 2.44. The molecule has 3 fully saturated rings. The Balaban J connectivity index is -0.000000212. The summed E-state index contributed by atoms with van der Waals surface area (Å²) in [5.41, 5.74) is 0. The molecule has 0 unspecified atom stereocenters. The molecule has 0 aliphatic carbocycles. The van der Waals surface area contributed by atoms with Gasteiger partial charge in [0.2, 0.25) is 0 Å². The lowest BCUT2D eigenvalue weighted by Crippen LogP contribution is -2.03. The van der Waals surface area contributed by atoms with Crippen molar-refractivity contribution >= 4 is 0 Å². The molecule has 3 aliphatic rings. The highest BCUT2D eigenvalue weighted by molar-refractivity contribution is 4.45. The molecule has 138 valence electrons. The summed E-state index contributed by atoms with van der Waals surface area (Å²) < 4.78 is 19.5. The van der Waals surface area contributed by atoms with Crippen LogP contribution in [-0.4, -0.2) is 46.4 Å². The largest absolute Gasteiger partial charge is 0.381 e. The van der Waals surface area contributed by atoms with Gasteiger partial charge in [-0.25, -0.2) is 0 Å². The van der Waals surface area contributed by atoms with E-state index < -0.39 is 0 Å². The third kappa shape index (κ3) is 28.1. The quantitative estimate of drug-likeness (QED) is 0.625. The van der Waals surface area contributed by atoms with Gasteiger partial charge in [0.25, 0.3) is 0 Å². The van der Waals surface area contributed by atoms with Crippen LogP contribution < -0.4 is 0 Å². The Bertz CT molecular complexity index is 94.3. The van der Waals surface area contributed by atoms with E-state index in [1.807, 2.05) is 41.5 Å². The van der Waals surface area contributed by atoms with Crippen molar-refractivity contribution in [1.29, 1.82) is 0 Å². The van der Waals surface area contributed by atoms with Crippen molar-refractivity contribution in [1.82, 2.24) is 0 Å². The van der Waals surface area contributed by atoms with E-state index in [4.69, 9.17) is 18.9 Å². The second-order valence-corrected chi connectivity index (χ2v) is 3.93. The van der Waals surface area contributed by atoms with Crippen molar-refractivity contribution < 1.29 is 18.9 Å². The van der Waals surface area contributed by atoms with E-state index in [2.05, 4.69) is 0 Å². The molecule has 4 nitrogen and oxygen atoms in total. The fraction of sp³-hybridized carbons (Fsp3) is 1.00. The van der Waals surface area contributed by atoms with Gasteiger partial charge in [0.05, 0.1) is 13.2 Å². The molecular weight excluding hydrogens is 280 g/mol. The number of hydrogen-bond donors (Lipinski definition) is 0. The molecule has 4 heteroatoms. The Morgan fingerprint density at radius 3 is 0.818 bits per heavy atom. The topological polar surface area (TPSA) is 36.9 Å². The van der Waals surface area contributed by atoms with E-state index in [1.54, 1.807) is 0 Å².